The highest BCUT2D eigenvalue weighted by molar-refractivity contribution is 7.99. The third-order valence-corrected chi connectivity index (χ3v) is 6.04. The molecule has 1 spiro atoms. The van der Waals surface area contributed by atoms with Crippen molar-refractivity contribution in [3.63, 3.8) is 0 Å². The molecule has 0 saturated carbocycles. The Morgan fingerprint density at radius 3 is 3.14 bits per heavy atom. The number of rotatable bonds is 2. The minimum absolute atomic E-state index is 0.00968. The Bertz CT molecular complexity index is 543. The van der Waals surface area contributed by atoms with Gasteiger partial charge in [-0.3, -0.25) is 4.79 Å². The summed E-state index contributed by atoms with van der Waals surface area (Å²) in [5.74, 6) is 2.19. The zero-order valence-corrected chi connectivity index (χ0v) is 13.7. The summed E-state index contributed by atoms with van der Waals surface area (Å²) < 4.78 is 5.99. The molecule has 0 bridgehead atoms. The number of hydrogen-bond donors (Lipinski definition) is 1. The summed E-state index contributed by atoms with van der Waals surface area (Å²) in [5, 5.41) is 3.80. The van der Waals surface area contributed by atoms with Gasteiger partial charge in [0.2, 0.25) is 0 Å². The molecule has 0 aliphatic carbocycles. The van der Waals surface area contributed by atoms with Crippen molar-refractivity contribution in [2.45, 2.75) is 37.8 Å². The average Bonchev–Trinajstić information content (AvgIpc) is 2.89. The van der Waals surface area contributed by atoms with Gasteiger partial charge in [0.1, 0.15) is 0 Å². The van der Waals surface area contributed by atoms with E-state index in [1.807, 2.05) is 36.9 Å². The van der Waals surface area contributed by atoms with Crippen molar-refractivity contribution in [1.29, 1.82) is 0 Å². The Morgan fingerprint density at radius 2 is 2.38 bits per heavy atom. The van der Waals surface area contributed by atoms with E-state index in [0.29, 0.717) is 10.6 Å². The lowest BCUT2D eigenvalue weighted by Crippen LogP contribution is -2.48. The molecule has 1 aromatic carbocycles. The topological polar surface area (TPSA) is 38.3 Å². The fourth-order valence-corrected chi connectivity index (χ4v) is 4.68. The first-order chi connectivity index (χ1) is 10.1. The third-order valence-electron chi connectivity index (χ3n) is 4.41. The first-order valence-corrected chi connectivity index (χ1v) is 8.91. The number of amides is 1. The molecule has 114 valence electrons. The van der Waals surface area contributed by atoms with Crippen LogP contribution >= 0.6 is 23.4 Å². The van der Waals surface area contributed by atoms with E-state index in [-0.39, 0.29) is 17.6 Å². The molecule has 2 aliphatic heterocycles. The molecule has 2 atom stereocenters. The number of carbonyl (C=O) groups excluding carboxylic acids is 1. The van der Waals surface area contributed by atoms with E-state index in [0.717, 1.165) is 42.9 Å². The quantitative estimate of drug-likeness (QED) is 0.905. The van der Waals surface area contributed by atoms with Gasteiger partial charge < -0.3 is 10.1 Å². The van der Waals surface area contributed by atoms with Crippen molar-refractivity contribution in [3.8, 4) is 0 Å². The molecule has 2 heterocycles. The molecule has 1 amide bonds. The smallest absolute Gasteiger partial charge is 0.251 e. The van der Waals surface area contributed by atoms with Gasteiger partial charge in [-0.05, 0) is 49.6 Å². The Labute approximate surface area is 134 Å². The van der Waals surface area contributed by atoms with Gasteiger partial charge in [0, 0.05) is 29.0 Å². The van der Waals surface area contributed by atoms with Gasteiger partial charge in [0.15, 0.2) is 0 Å². The van der Waals surface area contributed by atoms with Crippen LogP contribution in [0, 0.1) is 6.92 Å². The predicted molar refractivity (Wildman–Crippen MR) is 87.3 cm³/mol. The molecule has 2 fully saturated rings. The Morgan fingerprint density at radius 1 is 1.52 bits per heavy atom. The number of thioether (sulfide) groups is 1. The highest BCUT2D eigenvalue weighted by Gasteiger charge is 2.40. The molecule has 1 aromatic rings. The molecule has 3 rings (SSSR count). The van der Waals surface area contributed by atoms with Crippen molar-refractivity contribution in [2.75, 3.05) is 18.1 Å². The lowest BCUT2D eigenvalue weighted by molar-refractivity contribution is -0.0688. The maximum absolute atomic E-state index is 12.5. The summed E-state index contributed by atoms with van der Waals surface area (Å²) in [6.45, 7) is 2.62. The van der Waals surface area contributed by atoms with Crippen molar-refractivity contribution in [3.05, 3.63) is 34.3 Å². The highest BCUT2D eigenvalue weighted by atomic mass is 35.5. The predicted octanol–water partition coefficient (Wildman–Crippen LogP) is 3.43. The number of ether oxygens (including phenoxy) is 1. The van der Waals surface area contributed by atoms with Gasteiger partial charge in [-0.1, -0.05) is 17.7 Å². The van der Waals surface area contributed by atoms with Gasteiger partial charge in [-0.15, -0.1) is 0 Å². The number of carbonyl (C=O) groups is 1. The van der Waals surface area contributed by atoms with Crippen molar-refractivity contribution in [2.24, 2.45) is 0 Å². The minimum Gasteiger partial charge on any atom is -0.374 e. The largest absolute Gasteiger partial charge is 0.374 e. The minimum atomic E-state index is -0.0253. The maximum Gasteiger partial charge on any atom is 0.251 e. The van der Waals surface area contributed by atoms with Gasteiger partial charge in [0.05, 0.1) is 5.60 Å². The zero-order valence-electron chi connectivity index (χ0n) is 12.2. The van der Waals surface area contributed by atoms with E-state index in [1.54, 1.807) is 0 Å². The molecule has 0 radical (unpaired) electrons. The second kappa shape index (κ2) is 6.19. The van der Waals surface area contributed by atoms with E-state index in [2.05, 4.69) is 5.32 Å². The normalized spacial score (nSPS) is 28.8. The first kappa shape index (κ1) is 15.2. The van der Waals surface area contributed by atoms with E-state index in [1.165, 1.54) is 0 Å². The third kappa shape index (κ3) is 3.22. The molecule has 5 heteroatoms. The molecule has 2 saturated heterocycles. The fraction of sp³-hybridized carbons (Fsp3) is 0.562. The number of benzene rings is 1. The molecule has 0 aromatic heterocycles. The molecule has 0 unspecified atom stereocenters. The lowest BCUT2D eigenvalue weighted by Gasteiger charge is -2.38. The molecule has 2 aliphatic rings. The van der Waals surface area contributed by atoms with Crippen LogP contribution in [0.3, 0.4) is 0 Å². The van der Waals surface area contributed by atoms with Crippen molar-refractivity contribution in [1.82, 2.24) is 5.32 Å². The second-order valence-electron chi connectivity index (χ2n) is 5.91. The van der Waals surface area contributed by atoms with Crippen molar-refractivity contribution < 1.29 is 9.53 Å². The highest BCUT2D eigenvalue weighted by Crippen LogP contribution is 2.38. The summed E-state index contributed by atoms with van der Waals surface area (Å²) in [6, 6.07) is 5.66. The Kier molecular flexibility index (Phi) is 4.48. The summed E-state index contributed by atoms with van der Waals surface area (Å²) >= 11 is 8.04. The second-order valence-corrected chi connectivity index (χ2v) is 7.42. The van der Waals surface area contributed by atoms with Gasteiger partial charge in [-0.25, -0.2) is 0 Å². The summed E-state index contributed by atoms with van der Waals surface area (Å²) in [4.78, 5) is 12.5. The van der Waals surface area contributed by atoms with Crippen LogP contribution in [0.5, 0.6) is 0 Å². The van der Waals surface area contributed by atoms with Gasteiger partial charge >= 0.3 is 0 Å². The zero-order chi connectivity index (χ0) is 14.9. The average molecular weight is 326 g/mol. The standard InChI is InChI=1S/C16H20ClNO2S/c1-11-13(3-2-4-14(11)17)15(19)18-12-5-7-20-16(9-12)6-8-21-10-16/h2-4,12H,5-10H2,1H3,(H,18,19)/t12-,16-/m1/s1. The number of hydrogen-bond acceptors (Lipinski definition) is 3. The lowest BCUT2D eigenvalue weighted by atomic mass is 9.89. The Balaban J connectivity index is 1.68. The van der Waals surface area contributed by atoms with Crippen molar-refractivity contribution >= 4 is 29.3 Å². The van der Waals surface area contributed by atoms with E-state index < -0.39 is 0 Å². The van der Waals surface area contributed by atoms with Crippen LogP contribution in [0.1, 0.15) is 35.2 Å². The monoisotopic (exact) mass is 325 g/mol. The van der Waals surface area contributed by atoms with E-state index in [9.17, 15) is 4.79 Å². The van der Waals surface area contributed by atoms with E-state index in [4.69, 9.17) is 16.3 Å². The molecule has 3 nitrogen and oxygen atoms in total. The molecule has 21 heavy (non-hydrogen) atoms. The Hall–Kier alpha value is -0.710. The van der Waals surface area contributed by atoms with Crippen LogP contribution in [0.4, 0.5) is 0 Å². The van der Waals surface area contributed by atoms with Crippen LogP contribution in [-0.4, -0.2) is 35.7 Å². The van der Waals surface area contributed by atoms with Gasteiger partial charge in [0.25, 0.3) is 5.91 Å². The van der Waals surface area contributed by atoms with Crippen LogP contribution in [0.15, 0.2) is 18.2 Å². The number of halogens is 1. The molecular formula is C16H20ClNO2S. The summed E-state index contributed by atoms with van der Waals surface area (Å²) in [7, 11) is 0. The maximum atomic E-state index is 12.5. The first-order valence-electron chi connectivity index (χ1n) is 7.37. The SMILES string of the molecule is Cc1c(Cl)cccc1C(=O)N[C@@H]1CCO[C@]2(CCSC2)C1. The van der Waals surface area contributed by atoms with Crippen LogP contribution < -0.4 is 5.32 Å². The molecule has 1 N–H and O–H groups in total. The van der Waals surface area contributed by atoms with Crippen LogP contribution in [-0.2, 0) is 4.74 Å². The van der Waals surface area contributed by atoms with Crippen LogP contribution in [0.2, 0.25) is 5.02 Å². The van der Waals surface area contributed by atoms with Crippen LogP contribution in [0.25, 0.3) is 0 Å². The van der Waals surface area contributed by atoms with Gasteiger partial charge in [-0.2, -0.15) is 11.8 Å². The number of nitrogens with one attached hydrogen (secondary N) is 1. The van der Waals surface area contributed by atoms with E-state index >= 15 is 0 Å². The molecular weight excluding hydrogens is 306 g/mol. The summed E-state index contributed by atoms with van der Waals surface area (Å²) in [6.07, 6.45) is 2.91. The fourth-order valence-electron chi connectivity index (χ4n) is 3.13. The summed E-state index contributed by atoms with van der Waals surface area (Å²) in [5.41, 5.74) is 1.50.